The Labute approximate surface area is 171 Å². The molecule has 0 aliphatic carbocycles. The van der Waals surface area contributed by atoms with E-state index in [9.17, 15) is 14.3 Å². The summed E-state index contributed by atoms with van der Waals surface area (Å²) in [6.07, 6.45) is 2.68. The fourth-order valence-electron chi connectivity index (χ4n) is 4.25. The van der Waals surface area contributed by atoms with E-state index in [4.69, 9.17) is 5.10 Å². The minimum absolute atomic E-state index is 0.199. The molecule has 30 heavy (non-hydrogen) atoms. The molecule has 1 aliphatic heterocycles. The van der Waals surface area contributed by atoms with E-state index in [1.165, 1.54) is 17.0 Å². The first-order chi connectivity index (χ1) is 14.4. The largest absolute Gasteiger partial charge is 0.465 e. The number of hydrogen-bond donors (Lipinski definition) is 2. The smallest absolute Gasteiger partial charge is 0.407 e. The third-order valence-corrected chi connectivity index (χ3v) is 5.75. The number of H-pyrrole nitrogens is 1. The molecule has 3 aromatic heterocycles. The summed E-state index contributed by atoms with van der Waals surface area (Å²) >= 11 is 0. The van der Waals surface area contributed by atoms with Crippen molar-refractivity contribution in [2.45, 2.75) is 33.0 Å². The molecular weight excluding hydrogens is 385 g/mol. The summed E-state index contributed by atoms with van der Waals surface area (Å²) in [6.45, 7) is 4.56. The molecule has 0 saturated carbocycles. The minimum atomic E-state index is -0.957. The molecule has 0 fully saturated rings. The van der Waals surface area contributed by atoms with Crippen LogP contribution < -0.4 is 0 Å². The van der Waals surface area contributed by atoms with E-state index in [0.29, 0.717) is 12.2 Å². The van der Waals surface area contributed by atoms with E-state index in [2.05, 4.69) is 9.97 Å². The lowest BCUT2D eigenvalue weighted by Crippen LogP contribution is -2.44. The number of carboxylic acid groups (broad SMARTS) is 1. The second-order valence-corrected chi connectivity index (χ2v) is 7.67. The SMILES string of the molecule is Cc1c[nH]c2nccc(-c3c(-c4ccc(F)cc4)nn4c3CN(C(=O)O)[C@@H](C)C4)c12. The van der Waals surface area contributed by atoms with Crippen LogP contribution in [0.25, 0.3) is 33.4 Å². The lowest BCUT2D eigenvalue weighted by atomic mass is 9.95. The first-order valence-corrected chi connectivity index (χ1v) is 9.72. The zero-order valence-electron chi connectivity index (χ0n) is 16.6. The maximum Gasteiger partial charge on any atom is 0.407 e. The van der Waals surface area contributed by atoms with E-state index in [1.54, 1.807) is 18.3 Å². The van der Waals surface area contributed by atoms with Crippen molar-refractivity contribution in [2.24, 2.45) is 0 Å². The van der Waals surface area contributed by atoms with Gasteiger partial charge in [0.05, 0.1) is 24.8 Å². The van der Waals surface area contributed by atoms with Gasteiger partial charge in [0.15, 0.2) is 0 Å². The van der Waals surface area contributed by atoms with Gasteiger partial charge in [0, 0.05) is 28.9 Å². The van der Waals surface area contributed by atoms with Crippen LogP contribution in [0.15, 0.2) is 42.7 Å². The summed E-state index contributed by atoms with van der Waals surface area (Å²) in [5.41, 5.74) is 5.89. The maximum absolute atomic E-state index is 13.6. The number of hydrogen-bond acceptors (Lipinski definition) is 3. The summed E-state index contributed by atoms with van der Waals surface area (Å²) < 4.78 is 15.4. The first-order valence-electron chi connectivity index (χ1n) is 9.72. The highest BCUT2D eigenvalue weighted by Gasteiger charge is 2.32. The zero-order chi connectivity index (χ0) is 21.0. The quantitative estimate of drug-likeness (QED) is 0.517. The highest BCUT2D eigenvalue weighted by molar-refractivity contribution is 6.00. The van der Waals surface area contributed by atoms with Gasteiger partial charge in [-0.2, -0.15) is 5.10 Å². The Morgan fingerprint density at radius 2 is 2.03 bits per heavy atom. The topological polar surface area (TPSA) is 87.0 Å². The summed E-state index contributed by atoms with van der Waals surface area (Å²) in [5, 5.41) is 15.5. The summed E-state index contributed by atoms with van der Waals surface area (Å²) in [7, 11) is 0. The Balaban J connectivity index is 1.81. The van der Waals surface area contributed by atoms with Crippen LogP contribution in [-0.4, -0.2) is 41.9 Å². The van der Waals surface area contributed by atoms with Gasteiger partial charge in [0.2, 0.25) is 0 Å². The van der Waals surface area contributed by atoms with Crippen LogP contribution in [0.1, 0.15) is 18.2 Å². The van der Waals surface area contributed by atoms with Gasteiger partial charge in [0.1, 0.15) is 17.2 Å². The zero-order valence-corrected chi connectivity index (χ0v) is 16.6. The molecule has 152 valence electrons. The third kappa shape index (κ3) is 2.75. The molecule has 0 radical (unpaired) electrons. The summed E-state index contributed by atoms with van der Waals surface area (Å²) in [5.74, 6) is -0.317. The predicted molar refractivity (Wildman–Crippen MR) is 110 cm³/mol. The van der Waals surface area contributed by atoms with Crippen molar-refractivity contribution in [1.82, 2.24) is 24.6 Å². The number of amides is 1. The van der Waals surface area contributed by atoms with E-state index in [-0.39, 0.29) is 18.4 Å². The van der Waals surface area contributed by atoms with Crippen molar-refractivity contribution in [3.63, 3.8) is 0 Å². The van der Waals surface area contributed by atoms with Gasteiger partial charge in [-0.25, -0.2) is 14.2 Å². The molecule has 5 rings (SSSR count). The van der Waals surface area contributed by atoms with Gasteiger partial charge in [-0.1, -0.05) is 0 Å². The van der Waals surface area contributed by atoms with Crippen molar-refractivity contribution in [2.75, 3.05) is 0 Å². The molecule has 4 heterocycles. The van der Waals surface area contributed by atoms with Crippen LogP contribution in [0.3, 0.4) is 0 Å². The van der Waals surface area contributed by atoms with Crippen molar-refractivity contribution < 1.29 is 14.3 Å². The number of benzene rings is 1. The third-order valence-electron chi connectivity index (χ3n) is 5.75. The summed E-state index contributed by atoms with van der Waals surface area (Å²) in [6, 6.07) is 7.95. The van der Waals surface area contributed by atoms with Crippen molar-refractivity contribution in [3.8, 4) is 22.4 Å². The normalized spacial score (nSPS) is 16.1. The van der Waals surface area contributed by atoms with Gasteiger partial charge in [-0.3, -0.25) is 9.58 Å². The average Bonchev–Trinajstić information content (AvgIpc) is 3.28. The Hall–Kier alpha value is -3.68. The Morgan fingerprint density at radius 3 is 2.77 bits per heavy atom. The van der Waals surface area contributed by atoms with Crippen molar-refractivity contribution >= 4 is 17.1 Å². The van der Waals surface area contributed by atoms with E-state index >= 15 is 0 Å². The molecule has 0 unspecified atom stereocenters. The monoisotopic (exact) mass is 405 g/mol. The molecule has 2 N–H and O–H groups in total. The molecule has 4 aromatic rings. The van der Waals surface area contributed by atoms with E-state index in [1.807, 2.05) is 30.8 Å². The fraction of sp³-hybridized carbons (Fsp3) is 0.227. The number of nitrogens with zero attached hydrogens (tertiary/aromatic N) is 4. The van der Waals surface area contributed by atoms with Crippen LogP contribution in [-0.2, 0) is 13.1 Å². The molecule has 1 atom stereocenters. The molecule has 1 aliphatic rings. The van der Waals surface area contributed by atoms with Gasteiger partial charge in [-0.05, 0) is 55.3 Å². The van der Waals surface area contributed by atoms with Crippen LogP contribution in [0, 0.1) is 12.7 Å². The van der Waals surface area contributed by atoms with Crippen LogP contribution in [0.2, 0.25) is 0 Å². The second-order valence-electron chi connectivity index (χ2n) is 7.67. The standard InChI is InChI=1S/C22H20FN5O2/c1-12-9-25-21-18(12)16(7-8-24-21)19-17-11-27(22(29)30)13(2)10-28(17)26-20(19)14-3-5-15(23)6-4-14/h3-9,13H,10-11H2,1-2H3,(H,24,25)(H,29,30)/t13-/m0/s1. The minimum Gasteiger partial charge on any atom is -0.465 e. The molecule has 8 heteroatoms. The Bertz CT molecular complexity index is 1270. The number of aromatic nitrogens is 4. The predicted octanol–water partition coefficient (Wildman–Crippen LogP) is 4.42. The van der Waals surface area contributed by atoms with Crippen LogP contribution >= 0.6 is 0 Å². The van der Waals surface area contributed by atoms with Gasteiger partial charge >= 0.3 is 6.09 Å². The van der Waals surface area contributed by atoms with Gasteiger partial charge in [-0.15, -0.1) is 0 Å². The fourth-order valence-corrected chi connectivity index (χ4v) is 4.25. The molecule has 0 saturated heterocycles. The van der Waals surface area contributed by atoms with E-state index in [0.717, 1.165) is 39.0 Å². The number of halogens is 1. The maximum atomic E-state index is 13.6. The molecule has 1 amide bonds. The number of rotatable bonds is 2. The molecule has 0 spiro atoms. The molecule has 1 aromatic carbocycles. The number of aryl methyl sites for hydroxylation is 1. The number of pyridine rings is 1. The second kappa shape index (κ2) is 6.69. The first kappa shape index (κ1) is 18.4. The van der Waals surface area contributed by atoms with Crippen LogP contribution in [0.5, 0.6) is 0 Å². The van der Waals surface area contributed by atoms with Gasteiger partial charge in [0.25, 0.3) is 0 Å². The lowest BCUT2D eigenvalue weighted by Gasteiger charge is -2.32. The number of carbonyl (C=O) groups is 1. The van der Waals surface area contributed by atoms with Crippen LogP contribution in [0.4, 0.5) is 9.18 Å². The molecule has 7 nitrogen and oxygen atoms in total. The van der Waals surface area contributed by atoms with Gasteiger partial charge < -0.3 is 10.1 Å². The van der Waals surface area contributed by atoms with Crippen molar-refractivity contribution in [3.05, 3.63) is 59.8 Å². The Kier molecular flexibility index (Phi) is 4.09. The number of fused-ring (bicyclic) bond motifs is 2. The van der Waals surface area contributed by atoms with Crippen molar-refractivity contribution in [1.29, 1.82) is 0 Å². The Morgan fingerprint density at radius 1 is 1.27 bits per heavy atom. The molecular formula is C22H20FN5O2. The van der Waals surface area contributed by atoms with E-state index < -0.39 is 6.09 Å². The lowest BCUT2D eigenvalue weighted by molar-refractivity contribution is 0.105. The highest BCUT2D eigenvalue weighted by atomic mass is 19.1. The number of aromatic amines is 1. The number of nitrogens with one attached hydrogen (secondary N) is 1. The highest BCUT2D eigenvalue weighted by Crippen LogP contribution is 2.40. The molecule has 0 bridgehead atoms. The summed E-state index contributed by atoms with van der Waals surface area (Å²) in [4.78, 5) is 20.8. The average molecular weight is 405 g/mol.